The van der Waals surface area contributed by atoms with Gasteiger partial charge in [0.1, 0.15) is 11.9 Å². The first-order chi connectivity index (χ1) is 9.60. The van der Waals surface area contributed by atoms with Gasteiger partial charge in [-0.15, -0.1) is 0 Å². The van der Waals surface area contributed by atoms with Crippen molar-refractivity contribution in [3.63, 3.8) is 0 Å². The van der Waals surface area contributed by atoms with Gasteiger partial charge in [0.15, 0.2) is 11.5 Å². The van der Waals surface area contributed by atoms with Crippen LogP contribution in [0.15, 0.2) is 36.4 Å². The molecule has 1 aliphatic heterocycles. The topological polar surface area (TPSA) is 38.7 Å². The van der Waals surface area contributed by atoms with E-state index in [1.807, 2.05) is 0 Å². The van der Waals surface area contributed by atoms with E-state index in [0.29, 0.717) is 5.75 Å². The molecule has 104 valence electrons. The van der Waals surface area contributed by atoms with Crippen molar-refractivity contribution in [2.24, 2.45) is 0 Å². The third-order valence-electron chi connectivity index (χ3n) is 3.92. The Bertz CT molecular complexity index is 631. The van der Waals surface area contributed by atoms with E-state index in [0.717, 1.165) is 16.9 Å². The van der Waals surface area contributed by atoms with Crippen molar-refractivity contribution in [2.75, 3.05) is 7.11 Å². The summed E-state index contributed by atoms with van der Waals surface area (Å²) < 4.78 is 11.2. The zero-order valence-corrected chi connectivity index (χ0v) is 11.9. The van der Waals surface area contributed by atoms with E-state index < -0.39 is 0 Å². The van der Waals surface area contributed by atoms with E-state index in [9.17, 15) is 5.11 Å². The Morgan fingerprint density at radius 2 is 1.85 bits per heavy atom. The molecule has 2 aromatic carbocycles. The number of ether oxygens (including phenoxy) is 2. The first kappa shape index (κ1) is 12.9. The predicted octanol–water partition coefficient (Wildman–Crippen LogP) is 3.95. The minimum Gasteiger partial charge on any atom is -0.504 e. The van der Waals surface area contributed by atoms with Gasteiger partial charge in [-0.25, -0.2) is 0 Å². The number of methoxy groups -OCH3 is 1. The fraction of sp³-hybridized carbons (Fsp3) is 0.294. The summed E-state index contributed by atoms with van der Waals surface area (Å²) in [7, 11) is 1.54. The van der Waals surface area contributed by atoms with Crippen LogP contribution >= 0.6 is 0 Å². The van der Waals surface area contributed by atoms with Crippen LogP contribution in [0.4, 0.5) is 0 Å². The smallest absolute Gasteiger partial charge is 0.164 e. The summed E-state index contributed by atoms with van der Waals surface area (Å²) in [4.78, 5) is 0. The van der Waals surface area contributed by atoms with Crippen LogP contribution in [0, 0.1) is 6.92 Å². The molecule has 0 fully saturated rings. The molecule has 1 N–H and O–H groups in total. The normalized spacial score (nSPS) is 20.4. The molecule has 0 aromatic heterocycles. The van der Waals surface area contributed by atoms with Gasteiger partial charge in [0.05, 0.1) is 7.11 Å². The Labute approximate surface area is 118 Å². The first-order valence-electron chi connectivity index (χ1n) is 6.74. The monoisotopic (exact) mass is 270 g/mol. The molecule has 3 nitrogen and oxygen atoms in total. The Morgan fingerprint density at radius 3 is 2.50 bits per heavy atom. The molecule has 2 atom stereocenters. The quantitative estimate of drug-likeness (QED) is 0.898. The van der Waals surface area contributed by atoms with Crippen LogP contribution in [0.2, 0.25) is 0 Å². The predicted molar refractivity (Wildman–Crippen MR) is 77.6 cm³/mol. The van der Waals surface area contributed by atoms with Crippen molar-refractivity contribution < 1.29 is 14.6 Å². The average Bonchev–Trinajstić information content (AvgIpc) is 2.76. The van der Waals surface area contributed by atoms with E-state index in [-0.39, 0.29) is 17.8 Å². The van der Waals surface area contributed by atoms with Gasteiger partial charge < -0.3 is 14.6 Å². The van der Waals surface area contributed by atoms with Crippen LogP contribution < -0.4 is 9.47 Å². The molecule has 0 bridgehead atoms. The van der Waals surface area contributed by atoms with Crippen molar-refractivity contribution in [1.29, 1.82) is 0 Å². The lowest BCUT2D eigenvalue weighted by molar-refractivity contribution is 0.215. The van der Waals surface area contributed by atoms with Gasteiger partial charge in [0.2, 0.25) is 0 Å². The maximum Gasteiger partial charge on any atom is 0.164 e. The number of aryl methyl sites for hydroxylation is 1. The largest absolute Gasteiger partial charge is 0.504 e. The summed E-state index contributed by atoms with van der Waals surface area (Å²) in [5.74, 6) is 1.59. The number of phenols is 1. The molecule has 0 aliphatic carbocycles. The molecule has 20 heavy (non-hydrogen) atoms. The molecule has 3 rings (SSSR count). The van der Waals surface area contributed by atoms with E-state index in [4.69, 9.17) is 9.47 Å². The molecule has 0 radical (unpaired) electrons. The highest BCUT2D eigenvalue weighted by Crippen LogP contribution is 2.49. The summed E-state index contributed by atoms with van der Waals surface area (Å²) in [5, 5.41) is 9.91. The molecule has 2 aromatic rings. The standard InChI is InChI=1S/C17H18O3/c1-10-4-6-12(7-5-10)17-11(2)13-8-14(18)16(19-3)9-15(13)20-17/h4-9,11,17-18H,1-3H3/t11-,17-/m0/s1. The molecule has 0 saturated heterocycles. The van der Waals surface area contributed by atoms with Crippen LogP contribution in [0.1, 0.15) is 35.6 Å². The second-order valence-corrected chi connectivity index (χ2v) is 5.30. The number of hydrogen-bond acceptors (Lipinski definition) is 3. The fourth-order valence-electron chi connectivity index (χ4n) is 2.70. The number of aromatic hydroxyl groups is 1. The Hall–Kier alpha value is -2.16. The summed E-state index contributed by atoms with van der Waals surface area (Å²) in [6.45, 7) is 4.18. The Morgan fingerprint density at radius 1 is 1.15 bits per heavy atom. The average molecular weight is 270 g/mol. The van der Waals surface area contributed by atoms with E-state index in [2.05, 4.69) is 38.1 Å². The van der Waals surface area contributed by atoms with E-state index in [1.165, 1.54) is 12.7 Å². The van der Waals surface area contributed by atoms with Crippen molar-refractivity contribution >= 4 is 0 Å². The third-order valence-corrected chi connectivity index (χ3v) is 3.92. The molecule has 0 unspecified atom stereocenters. The van der Waals surface area contributed by atoms with Crippen LogP contribution in [0.3, 0.4) is 0 Å². The van der Waals surface area contributed by atoms with Crippen molar-refractivity contribution in [3.8, 4) is 17.2 Å². The highest BCUT2D eigenvalue weighted by Gasteiger charge is 2.33. The number of benzene rings is 2. The van der Waals surface area contributed by atoms with Gasteiger partial charge in [-0.3, -0.25) is 0 Å². The van der Waals surface area contributed by atoms with Crippen molar-refractivity contribution in [2.45, 2.75) is 25.9 Å². The molecular weight excluding hydrogens is 252 g/mol. The number of rotatable bonds is 2. The maximum absolute atomic E-state index is 9.91. The highest BCUT2D eigenvalue weighted by atomic mass is 16.5. The zero-order chi connectivity index (χ0) is 14.3. The minimum absolute atomic E-state index is 0.0166. The van der Waals surface area contributed by atoms with Gasteiger partial charge in [-0.05, 0) is 18.6 Å². The fourth-order valence-corrected chi connectivity index (χ4v) is 2.70. The summed E-state index contributed by atoms with van der Waals surface area (Å²) in [6, 6.07) is 11.9. The molecule has 0 saturated carbocycles. The van der Waals surface area contributed by atoms with Crippen LogP contribution in [0.5, 0.6) is 17.2 Å². The number of fused-ring (bicyclic) bond motifs is 1. The third kappa shape index (κ3) is 1.99. The lowest BCUT2D eigenvalue weighted by Gasteiger charge is -2.15. The molecule has 1 aliphatic rings. The lowest BCUT2D eigenvalue weighted by atomic mass is 9.92. The lowest BCUT2D eigenvalue weighted by Crippen LogP contribution is -2.06. The van der Waals surface area contributed by atoms with Gasteiger partial charge >= 0.3 is 0 Å². The molecule has 1 heterocycles. The summed E-state index contributed by atoms with van der Waals surface area (Å²) in [6.07, 6.45) is -0.0166. The van der Waals surface area contributed by atoms with Gasteiger partial charge in [0, 0.05) is 17.5 Å². The van der Waals surface area contributed by atoms with Crippen molar-refractivity contribution in [3.05, 3.63) is 53.1 Å². The van der Waals surface area contributed by atoms with Crippen LogP contribution in [0.25, 0.3) is 0 Å². The van der Waals surface area contributed by atoms with Gasteiger partial charge in [0.25, 0.3) is 0 Å². The second-order valence-electron chi connectivity index (χ2n) is 5.30. The summed E-state index contributed by atoms with van der Waals surface area (Å²) >= 11 is 0. The molecule has 3 heteroatoms. The van der Waals surface area contributed by atoms with Crippen molar-refractivity contribution in [1.82, 2.24) is 0 Å². The second kappa shape index (κ2) is 4.75. The molecular formula is C17H18O3. The molecule has 0 amide bonds. The van der Waals surface area contributed by atoms with Crippen LogP contribution in [-0.4, -0.2) is 12.2 Å². The SMILES string of the molecule is COc1cc2c(cc1O)[C@H](C)[C@@H](c1ccc(C)cc1)O2. The van der Waals surface area contributed by atoms with Gasteiger partial charge in [-0.1, -0.05) is 36.8 Å². The van der Waals surface area contributed by atoms with Crippen LogP contribution in [-0.2, 0) is 0 Å². The Kier molecular flexibility index (Phi) is 3.05. The van der Waals surface area contributed by atoms with E-state index in [1.54, 1.807) is 12.1 Å². The number of hydrogen-bond donors (Lipinski definition) is 1. The summed E-state index contributed by atoms with van der Waals surface area (Å²) in [5.41, 5.74) is 3.41. The number of phenolic OH excluding ortho intramolecular Hbond substituents is 1. The van der Waals surface area contributed by atoms with E-state index >= 15 is 0 Å². The maximum atomic E-state index is 9.91. The van der Waals surface area contributed by atoms with Gasteiger partial charge in [-0.2, -0.15) is 0 Å². The first-order valence-corrected chi connectivity index (χ1v) is 6.74. The minimum atomic E-state index is -0.0166. The highest BCUT2D eigenvalue weighted by molar-refractivity contribution is 5.54. The molecule has 0 spiro atoms. The zero-order valence-electron chi connectivity index (χ0n) is 11.9. The Balaban J connectivity index is 1.97.